The fourth-order valence-corrected chi connectivity index (χ4v) is 4.17. The van der Waals surface area contributed by atoms with Crippen LogP contribution >= 0.6 is 27.3 Å². The molecule has 4 nitrogen and oxygen atoms in total. The first kappa shape index (κ1) is 16.5. The van der Waals surface area contributed by atoms with Crippen LogP contribution in [-0.2, 0) is 16.0 Å². The minimum Gasteiger partial charge on any atom is -0.342 e. The normalized spacial score (nSPS) is 18.5. The molecule has 1 saturated heterocycles. The summed E-state index contributed by atoms with van der Waals surface area (Å²) in [7, 11) is 0. The van der Waals surface area contributed by atoms with Gasteiger partial charge in [-0.15, -0.1) is 11.3 Å². The van der Waals surface area contributed by atoms with Crippen molar-refractivity contribution >= 4 is 39.1 Å². The van der Waals surface area contributed by atoms with Gasteiger partial charge < -0.3 is 10.2 Å². The highest BCUT2D eigenvalue weighted by molar-refractivity contribution is 9.11. The predicted molar refractivity (Wildman–Crippen MR) is 88.4 cm³/mol. The smallest absolute Gasteiger partial charge is 0.248 e. The number of halogens is 1. The SMILES string of the molecule is CCC1(CC)NC(=O)CCN(CCc2ccc(Br)s2)C1=O. The molecule has 0 aromatic carbocycles. The van der Waals surface area contributed by atoms with E-state index in [-0.39, 0.29) is 11.8 Å². The van der Waals surface area contributed by atoms with Crippen molar-refractivity contribution in [2.75, 3.05) is 13.1 Å². The molecule has 0 radical (unpaired) electrons. The Kier molecular flexibility index (Phi) is 5.43. The maximum atomic E-state index is 12.8. The molecule has 0 bridgehead atoms. The first-order valence-corrected chi connectivity index (χ1v) is 8.96. The third-order valence-corrected chi connectivity index (χ3v) is 5.83. The van der Waals surface area contributed by atoms with E-state index >= 15 is 0 Å². The summed E-state index contributed by atoms with van der Waals surface area (Å²) in [5, 5.41) is 2.94. The molecule has 1 fully saturated rings. The highest BCUT2D eigenvalue weighted by atomic mass is 79.9. The van der Waals surface area contributed by atoms with Crippen LogP contribution in [0.3, 0.4) is 0 Å². The van der Waals surface area contributed by atoms with E-state index in [9.17, 15) is 9.59 Å². The van der Waals surface area contributed by atoms with Crippen molar-refractivity contribution < 1.29 is 9.59 Å². The summed E-state index contributed by atoms with van der Waals surface area (Å²) in [6.45, 7) is 5.10. The maximum Gasteiger partial charge on any atom is 0.248 e. The zero-order chi connectivity index (χ0) is 15.5. The molecular formula is C15H21BrN2O2S. The van der Waals surface area contributed by atoms with Gasteiger partial charge in [-0.25, -0.2) is 0 Å². The summed E-state index contributed by atoms with van der Waals surface area (Å²) in [5.74, 6) is 0.0439. The summed E-state index contributed by atoms with van der Waals surface area (Å²) < 4.78 is 1.10. The summed E-state index contributed by atoms with van der Waals surface area (Å²) in [4.78, 5) is 27.8. The Morgan fingerprint density at radius 1 is 1.33 bits per heavy atom. The summed E-state index contributed by atoms with van der Waals surface area (Å²) in [5.41, 5.74) is -0.719. The van der Waals surface area contributed by atoms with Crippen LogP contribution in [-0.4, -0.2) is 35.3 Å². The van der Waals surface area contributed by atoms with Gasteiger partial charge in [-0.3, -0.25) is 9.59 Å². The van der Waals surface area contributed by atoms with Crippen LogP contribution in [0, 0.1) is 0 Å². The molecule has 116 valence electrons. The first-order chi connectivity index (χ1) is 10.0. The number of nitrogens with zero attached hydrogens (tertiary/aromatic N) is 1. The average Bonchev–Trinajstić information content (AvgIpc) is 2.84. The lowest BCUT2D eigenvalue weighted by Crippen LogP contribution is -2.56. The van der Waals surface area contributed by atoms with Crippen LogP contribution in [0.1, 0.15) is 38.0 Å². The van der Waals surface area contributed by atoms with E-state index in [1.54, 1.807) is 11.3 Å². The van der Waals surface area contributed by atoms with Gasteiger partial charge in [-0.1, -0.05) is 13.8 Å². The van der Waals surface area contributed by atoms with Gasteiger partial charge in [0.05, 0.1) is 3.79 Å². The fraction of sp³-hybridized carbons (Fsp3) is 0.600. The van der Waals surface area contributed by atoms with Gasteiger partial charge in [0.25, 0.3) is 0 Å². The second kappa shape index (κ2) is 6.92. The minimum absolute atomic E-state index is 0.0200. The standard InChI is InChI=1S/C15H21BrN2O2S/c1-3-15(4-2)14(20)18(10-8-13(19)17-15)9-7-11-5-6-12(16)21-11/h5-6H,3-4,7-10H2,1-2H3,(H,17,19). The molecule has 1 aromatic rings. The van der Waals surface area contributed by atoms with Crippen molar-refractivity contribution in [2.45, 2.75) is 45.1 Å². The molecule has 2 amide bonds. The molecular weight excluding hydrogens is 352 g/mol. The third kappa shape index (κ3) is 3.66. The fourth-order valence-electron chi connectivity index (χ4n) is 2.70. The van der Waals surface area contributed by atoms with Gasteiger partial charge >= 0.3 is 0 Å². The van der Waals surface area contributed by atoms with Gasteiger partial charge in [0, 0.05) is 24.4 Å². The monoisotopic (exact) mass is 372 g/mol. The largest absolute Gasteiger partial charge is 0.342 e. The summed E-state index contributed by atoms with van der Waals surface area (Å²) >= 11 is 5.15. The lowest BCUT2D eigenvalue weighted by atomic mass is 9.91. The van der Waals surface area contributed by atoms with Crippen LogP contribution in [0.25, 0.3) is 0 Å². The van der Waals surface area contributed by atoms with Crippen molar-refractivity contribution in [3.05, 3.63) is 20.8 Å². The minimum atomic E-state index is -0.719. The maximum absolute atomic E-state index is 12.8. The Labute approximate surface area is 138 Å². The van der Waals surface area contributed by atoms with E-state index < -0.39 is 5.54 Å². The van der Waals surface area contributed by atoms with Crippen LogP contribution < -0.4 is 5.32 Å². The Balaban J connectivity index is 2.10. The first-order valence-electron chi connectivity index (χ1n) is 7.35. The van der Waals surface area contributed by atoms with Crippen molar-refractivity contribution in [2.24, 2.45) is 0 Å². The van der Waals surface area contributed by atoms with Crippen molar-refractivity contribution in [3.63, 3.8) is 0 Å². The van der Waals surface area contributed by atoms with E-state index in [0.717, 1.165) is 10.2 Å². The second-order valence-electron chi connectivity index (χ2n) is 5.34. The van der Waals surface area contributed by atoms with Gasteiger partial charge in [0.2, 0.25) is 11.8 Å². The highest BCUT2D eigenvalue weighted by Crippen LogP contribution is 2.25. The number of amides is 2. The molecule has 0 unspecified atom stereocenters. The van der Waals surface area contributed by atoms with E-state index in [1.807, 2.05) is 24.8 Å². The lowest BCUT2D eigenvalue weighted by molar-refractivity contribution is -0.139. The molecule has 0 spiro atoms. The summed E-state index contributed by atoms with van der Waals surface area (Å²) in [6.07, 6.45) is 2.49. The van der Waals surface area contributed by atoms with Gasteiger partial charge in [0.1, 0.15) is 5.54 Å². The molecule has 1 aromatic heterocycles. The molecule has 2 rings (SSSR count). The molecule has 1 N–H and O–H groups in total. The van der Waals surface area contributed by atoms with E-state index in [4.69, 9.17) is 0 Å². The number of carbonyl (C=O) groups excluding carboxylic acids is 2. The number of hydrogen-bond acceptors (Lipinski definition) is 3. The summed E-state index contributed by atoms with van der Waals surface area (Å²) in [6, 6.07) is 4.10. The molecule has 0 atom stereocenters. The quantitative estimate of drug-likeness (QED) is 0.863. The van der Waals surface area contributed by atoms with Gasteiger partial charge in [0.15, 0.2) is 0 Å². The topological polar surface area (TPSA) is 49.4 Å². The van der Waals surface area contributed by atoms with Crippen LogP contribution in [0.15, 0.2) is 15.9 Å². The lowest BCUT2D eigenvalue weighted by Gasteiger charge is -2.33. The molecule has 6 heteroatoms. The zero-order valence-electron chi connectivity index (χ0n) is 12.4. The number of nitrogens with one attached hydrogen (secondary N) is 1. The van der Waals surface area contributed by atoms with Gasteiger partial charge in [-0.05, 0) is 47.3 Å². The Bertz CT molecular complexity index is 525. The van der Waals surface area contributed by atoms with Crippen LogP contribution in [0.2, 0.25) is 0 Å². The van der Waals surface area contributed by atoms with Crippen LogP contribution in [0.4, 0.5) is 0 Å². The molecule has 21 heavy (non-hydrogen) atoms. The Morgan fingerprint density at radius 2 is 2.05 bits per heavy atom. The molecule has 1 aliphatic heterocycles. The van der Waals surface area contributed by atoms with E-state index in [2.05, 4.69) is 27.3 Å². The van der Waals surface area contributed by atoms with E-state index in [0.29, 0.717) is 32.4 Å². The van der Waals surface area contributed by atoms with Crippen LogP contribution in [0.5, 0.6) is 0 Å². The zero-order valence-corrected chi connectivity index (χ0v) is 14.8. The number of carbonyl (C=O) groups is 2. The van der Waals surface area contributed by atoms with Crippen molar-refractivity contribution in [3.8, 4) is 0 Å². The number of rotatable bonds is 5. The highest BCUT2D eigenvalue weighted by Gasteiger charge is 2.41. The van der Waals surface area contributed by atoms with Gasteiger partial charge in [-0.2, -0.15) is 0 Å². The number of thiophene rings is 1. The Morgan fingerprint density at radius 3 is 2.62 bits per heavy atom. The van der Waals surface area contributed by atoms with Crippen molar-refractivity contribution in [1.29, 1.82) is 0 Å². The second-order valence-corrected chi connectivity index (χ2v) is 7.88. The van der Waals surface area contributed by atoms with E-state index in [1.165, 1.54) is 4.88 Å². The third-order valence-electron chi connectivity index (χ3n) is 4.15. The van der Waals surface area contributed by atoms with Crippen molar-refractivity contribution in [1.82, 2.24) is 10.2 Å². The predicted octanol–water partition coefficient (Wildman–Crippen LogP) is 2.96. The number of hydrogen-bond donors (Lipinski definition) is 1. The molecule has 0 aliphatic carbocycles. The average molecular weight is 373 g/mol. The molecule has 0 saturated carbocycles. The molecule has 2 heterocycles. The Hall–Kier alpha value is -0.880. The molecule has 1 aliphatic rings.